The molecule has 0 saturated carbocycles. The fourth-order valence-corrected chi connectivity index (χ4v) is 8.09. The van der Waals surface area contributed by atoms with E-state index in [9.17, 15) is 14.0 Å². The zero-order chi connectivity index (χ0) is 24.5. The first-order valence-electron chi connectivity index (χ1n) is 11.1. The summed E-state index contributed by atoms with van der Waals surface area (Å²) in [5.41, 5.74) is 0.485. The number of thiocarbonyl (C=S) groups is 1. The van der Waals surface area contributed by atoms with Gasteiger partial charge in [-0.25, -0.2) is 4.39 Å². The van der Waals surface area contributed by atoms with Crippen molar-refractivity contribution >= 4 is 45.8 Å². The van der Waals surface area contributed by atoms with E-state index in [-0.39, 0.29) is 18.4 Å². The van der Waals surface area contributed by atoms with E-state index in [1.807, 2.05) is 24.1 Å². The van der Waals surface area contributed by atoms with Gasteiger partial charge in [-0.05, 0) is 55.1 Å². The zero-order valence-corrected chi connectivity index (χ0v) is 20.6. The lowest BCUT2D eigenvalue weighted by molar-refractivity contribution is -0.139. The maximum atomic E-state index is 14.7. The Morgan fingerprint density at radius 2 is 1.94 bits per heavy atom. The summed E-state index contributed by atoms with van der Waals surface area (Å²) in [5.74, 6) is -0.846. The number of aromatic nitrogens is 1. The molecule has 3 atom stereocenters. The fourth-order valence-electron chi connectivity index (χ4n) is 5.96. The van der Waals surface area contributed by atoms with Crippen LogP contribution in [0.3, 0.4) is 0 Å². The van der Waals surface area contributed by atoms with Gasteiger partial charge in [0.15, 0.2) is 5.54 Å². The van der Waals surface area contributed by atoms with E-state index in [1.54, 1.807) is 43.9 Å². The van der Waals surface area contributed by atoms with Gasteiger partial charge in [-0.2, -0.15) is 0 Å². The molecular formula is C25H21FN4O3S2. The van der Waals surface area contributed by atoms with Crippen molar-refractivity contribution in [3.05, 3.63) is 83.8 Å². The van der Waals surface area contributed by atoms with E-state index < -0.39 is 22.0 Å². The van der Waals surface area contributed by atoms with Crippen molar-refractivity contribution < 1.29 is 18.4 Å². The summed E-state index contributed by atoms with van der Waals surface area (Å²) >= 11 is 6.98. The number of pyridine rings is 1. The summed E-state index contributed by atoms with van der Waals surface area (Å²) in [6, 6.07) is 11.6. The van der Waals surface area contributed by atoms with E-state index in [4.69, 9.17) is 16.6 Å². The molecule has 0 aliphatic carbocycles. The molecule has 0 N–H and O–H groups in total. The Labute approximate surface area is 210 Å². The molecule has 2 fully saturated rings. The smallest absolute Gasteiger partial charge is 0.254 e. The van der Waals surface area contributed by atoms with Gasteiger partial charge in [-0.3, -0.25) is 24.4 Å². The number of carbonyl (C=O) groups is 2. The molecule has 2 aromatic heterocycles. The number of halogens is 1. The highest BCUT2D eigenvalue weighted by Crippen LogP contribution is 2.66. The molecule has 3 aliphatic rings. The standard InChI is InChI=1S/C25H21FN4O3S2/c1-28-14-19(15-7-9-27-10-8-15)25(22(32)30(23(34)35-25)13-17-4-3-11-33-17)24(28)18-12-16(26)5-6-20(18)29(2)21(24)31/h3-12,19H,13-14H2,1-2H3/t19-,24+,25-/m0/s1. The number of hydrogen-bond donors (Lipinski definition) is 0. The van der Waals surface area contributed by atoms with Crippen molar-refractivity contribution in [1.82, 2.24) is 14.8 Å². The van der Waals surface area contributed by atoms with Crippen molar-refractivity contribution in [2.45, 2.75) is 22.7 Å². The van der Waals surface area contributed by atoms with E-state index in [0.29, 0.717) is 27.9 Å². The molecule has 35 heavy (non-hydrogen) atoms. The number of furan rings is 1. The third kappa shape index (κ3) is 2.75. The van der Waals surface area contributed by atoms with Gasteiger partial charge >= 0.3 is 0 Å². The molecule has 3 aromatic rings. The van der Waals surface area contributed by atoms with Gasteiger partial charge in [0.25, 0.3) is 5.91 Å². The second-order valence-electron chi connectivity index (χ2n) is 9.02. The molecule has 0 unspecified atom stereocenters. The Kier molecular flexibility index (Phi) is 4.93. The number of thioether (sulfide) groups is 1. The topological polar surface area (TPSA) is 69.9 Å². The fraction of sp³-hybridized carbons (Fsp3) is 0.280. The number of nitrogens with zero attached hydrogens (tertiary/aromatic N) is 4. The maximum absolute atomic E-state index is 14.7. The molecular weight excluding hydrogens is 487 g/mol. The molecule has 0 bridgehead atoms. The third-order valence-electron chi connectivity index (χ3n) is 7.42. The first kappa shape index (κ1) is 22.4. The second-order valence-corrected chi connectivity index (χ2v) is 10.9. The summed E-state index contributed by atoms with van der Waals surface area (Å²) in [5, 5.41) is 0. The van der Waals surface area contributed by atoms with E-state index in [0.717, 1.165) is 5.56 Å². The van der Waals surface area contributed by atoms with Crippen molar-refractivity contribution in [2.24, 2.45) is 0 Å². The highest BCUT2D eigenvalue weighted by molar-refractivity contribution is 8.25. The zero-order valence-electron chi connectivity index (χ0n) is 19.0. The Balaban J connectivity index is 1.62. The number of hydrogen-bond acceptors (Lipinski definition) is 7. The van der Waals surface area contributed by atoms with Gasteiger partial charge < -0.3 is 9.32 Å². The van der Waals surface area contributed by atoms with Gasteiger partial charge in [0.05, 0.1) is 12.8 Å². The summed E-state index contributed by atoms with van der Waals surface area (Å²) in [4.78, 5) is 37.9. The van der Waals surface area contributed by atoms with Crippen LogP contribution in [0.4, 0.5) is 10.1 Å². The van der Waals surface area contributed by atoms with Crippen molar-refractivity contribution in [1.29, 1.82) is 0 Å². The first-order valence-corrected chi connectivity index (χ1v) is 12.3. The van der Waals surface area contributed by atoms with Crippen LogP contribution in [0.2, 0.25) is 0 Å². The van der Waals surface area contributed by atoms with Gasteiger partial charge in [0.1, 0.15) is 20.6 Å². The molecule has 1 aromatic carbocycles. The van der Waals surface area contributed by atoms with Crippen LogP contribution in [0.25, 0.3) is 0 Å². The monoisotopic (exact) mass is 508 g/mol. The average Bonchev–Trinajstić information content (AvgIpc) is 3.57. The van der Waals surface area contributed by atoms with Crippen molar-refractivity contribution in [2.75, 3.05) is 25.5 Å². The van der Waals surface area contributed by atoms with E-state index in [2.05, 4.69) is 4.98 Å². The Bertz CT molecular complexity index is 1370. The second kappa shape index (κ2) is 7.71. The molecule has 3 aliphatic heterocycles. The van der Waals surface area contributed by atoms with Gasteiger partial charge in [-0.1, -0.05) is 24.0 Å². The summed E-state index contributed by atoms with van der Waals surface area (Å²) in [7, 11) is 3.49. The molecule has 6 rings (SSSR count). The molecule has 0 radical (unpaired) electrons. The van der Waals surface area contributed by atoms with Crippen LogP contribution in [-0.4, -0.2) is 56.3 Å². The molecule has 2 amide bonds. The average molecular weight is 509 g/mol. The lowest BCUT2D eigenvalue weighted by atomic mass is 9.72. The minimum absolute atomic E-state index is 0.155. The Morgan fingerprint density at radius 3 is 2.66 bits per heavy atom. The largest absolute Gasteiger partial charge is 0.467 e. The predicted molar refractivity (Wildman–Crippen MR) is 133 cm³/mol. The quantitative estimate of drug-likeness (QED) is 0.502. The molecule has 2 saturated heterocycles. The first-order chi connectivity index (χ1) is 16.8. The van der Waals surface area contributed by atoms with E-state index >= 15 is 0 Å². The highest BCUT2D eigenvalue weighted by Gasteiger charge is 2.78. The summed E-state index contributed by atoms with van der Waals surface area (Å²) < 4.78 is 19.2. The van der Waals surface area contributed by atoms with Gasteiger partial charge in [0, 0.05) is 43.2 Å². The SMILES string of the molecule is CN1C(=O)[C@@]2(c3cc(F)ccc31)N(C)C[C@@H](c1ccncc1)[C@@]21SC(=S)N(Cc2ccco2)C1=O. The molecule has 10 heteroatoms. The van der Waals surface area contributed by atoms with Crippen LogP contribution in [0.1, 0.15) is 22.8 Å². The number of likely N-dealkylation sites (N-methyl/N-ethyl adjacent to an activating group) is 2. The number of anilines is 1. The normalized spacial score (nSPS) is 28.2. The van der Waals surface area contributed by atoms with Crippen LogP contribution in [-0.2, 0) is 21.7 Å². The number of rotatable bonds is 3. The number of likely N-dealkylation sites (tertiary alicyclic amines) is 1. The van der Waals surface area contributed by atoms with Crippen molar-refractivity contribution in [3.63, 3.8) is 0 Å². The summed E-state index contributed by atoms with van der Waals surface area (Å²) in [6.45, 7) is 0.553. The van der Waals surface area contributed by atoms with Crippen LogP contribution in [0.5, 0.6) is 0 Å². The number of amides is 2. The molecule has 178 valence electrons. The van der Waals surface area contributed by atoms with Crippen LogP contribution in [0.15, 0.2) is 65.5 Å². The Morgan fingerprint density at radius 1 is 1.17 bits per heavy atom. The Hall–Kier alpha value is -3.08. The molecule has 2 spiro atoms. The summed E-state index contributed by atoms with van der Waals surface area (Å²) in [6.07, 6.45) is 4.89. The van der Waals surface area contributed by atoms with Crippen LogP contribution >= 0.6 is 24.0 Å². The lowest BCUT2D eigenvalue weighted by Gasteiger charge is -2.42. The van der Waals surface area contributed by atoms with Gasteiger partial charge in [0.2, 0.25) is 5.91 Å². The third-order valence-corrected chi connectivity index (χ3v) is 9.36. The highest BCUT2D eigenvalue weighted by atomic mass is 32.2. The van der Waals surface area contributed by atoms with Crippen molar-refractivity contribution in [3.8, 4) is 0 Å². The van der Waals surface area contributed by atoms with E-state index in [1.165, 1.54) is 33.7 Å². The number of fused-ring (bicyclic) bond motifs is 3. The molecule has 5 heterocycles. The van der Waals surface area contributed by atoms with Crippen LogP contribution in [0, 0.1) is 5.82 Å². The molecule has 7 nitrogen and oxygen atoms in total. The maximum Gasteiger partial charge on any atom is 0.254 e. The van der Waals surface area contributed by atoms with Gasteiger partial charge in [-0.15, -0.1) is 0 Å². The minimum Gasteiger partial charge on any atom is -0.467 e. The number of carbonyl (C=O) groups excluding carboxylic acids is 2. The predicted octanol–water partition coefficient (Wildman–Crippen LogP) is 3.51. The lowest BCUT2D eigenvalue weighted by Crippen LogP contribution is -2.62. The minimum atomic E-state index is -1.45. The number of benzene rings is 1. The van der Waals surface area contributed by atoms with Crippen LogP contribution < -0.4 is 4.90 Å².